The normalized spacial score (nSPS) is 13.8. The van der Waals surface area contributed by atoms with E-state index in [0.717, 1.165) is 18.1 Å². The van der Waals surface area contributed by atoms with Crippen LogP contribution < -0.4 is 10.4 Å². The topological polar surface area (TPSA) is 0 Å². The SMILES string of the molecule is C=C/C=c1/ccc2c(c1=C)CCC=C2.CC. The molecule has 0 N–H and O–H groups in total. The molecular formula is C16H20. The van der Waals surface area contributed by atoms with Crippen molar-refractivity contribution < 1.29 is 0 Å². The molecule has 16 heavy (non-hydrogen) atoms. The van der Waals surface area contributed by atoms with Gasteiger partial charge in [0.1, 0.15) is 0 Å². The zero-order chi connectivity index (χ0) is 12.0. The van der Waals surface area contributed by atoms with Crippen LogP contribution in [0.15, 0.2) is 30.9 Å². The molecule has 0 fully saturated rings. The van der Waals surface area contributed by atoms with Crippen molar-refractivity contribution in [2.45, 2.75) is 26.7 Å². The second kappa shape index (κ2) is 6.12. The Balaban J connectivity index is 0.000000606. The monoisotopic (exact) mass is 212 g/mol. The van der Waals surface area contributed by atoms with Crippen molar-refractivity contribution >= 4 is 18.7 Å². The first-order valence-corrected chi connectivity index (χ1v) is 5.93. The highest BCUT2D eigenvalue weighted by Crippen LogP contribution is 2.13. The van der Waals surface area contributed by atoms with Gasteiger partial charge in [-0.25, -0.2) is 0 Å². The third-order valence-corrected chi connectivity index (χ3v) is 2.66. The third kappa shape index (κ3) is 2.52. The van der Waals surface area contributed by atoms with E-state index < -0.39 is 0 Å². The summed E-state index contributed by atoms with van der Waals surface area (Å²) < 4.78 is 0. The molecule has 1 aliphatic rings. The minimum absolute atomic E-state index is 1.11. The molecule has 0 heterocycles. The molecule has 0 saturated heterocycles. The van der Waals surface area contributed by atoms with Gasteiger partial charge >= 0.3 is 0 Å². The van der Waals surface area contributed by atoms with Gasteiger partial charge in [0.2, 0.25) is 0 Å². The van der Waals surface area contributed by atoms with E-state index in [-0.39, 0.29) is 0 Å². The van der Waals surface area contributed by atoms with Crippen molar-refractivity contribution in [1.82, 2.24) is 0 Å². The first-order valence-electron chi connectivity index (χ1n) is 5.93. The van der Waals surface area contributed by atoms with Crippen molar-refractivity contribution in [2.24, 2.45) is 0 Å². The molecule has 2 rings (SSSR count). The standard InChI is InChI=1S/C14H14.C2H6/c1-3-6-12-9-10-13-7-4-5-8-14(13)11(12)2;1-2/h3-4,6-7,9-10H,1-2,5,8H2;1-2H3/b12-6-;. The summed E-state index contributed by atoms with van der Waals surface area (Å²) in [7, 11) is 0. The van der Waals surface area contributed by atoms with Gasteiger partial charge in [-0.1, -0.05) is 63.4 Å². The van der Waals surface area contributed by atoms with Crippen molar-refractivity contribution in [2.75, 3.05) is 0 Å². The predicted octanol–water partition coefficient (Wildman–Crippen LogP) is 3.05. The summed E-state index contributed by atoms with van der Waals surface area (Å²) in [6.07, 6.45) is 10.5. The van der Waals surface area contributed by atoms with Crippen LogP contribution in [-0.4, -0.2) is 0 Å². The van der Waals surface area contributed by atoms with Crippen LogP contribution in [0.25, 0.3) is 18.7 Å². The summed E-state index contributed by atoms with van der Waals surface area (Å²) in [6, 6.07) is 4.27. The van der Waals surface area contributed by atoms with Crippen LogP contribution in [0.2, 0.25) is 0 Å². The highest BCUT2D eigenvalue weighted by atomic mass is 14.1. The third-order valence-electron chi connectivity index (χ3n) is 2.66. The van der Waals surface area contributed by atoms with Gasteiger partial charge in [0.25, 0.3) is 0 Å². The highest BCUT2D eigenvalue weighted by Gasteiger charge is 2.04. The fourth-order valence-corrected chi connectivity index (χ4v) is 1.90. The van der Waals surface area contributed by atoms with Gasteiger partial charge in [0.15, 0.2) is 0 Å². The zero-order valence-corrected chi connectivity index (χ0v) is 10.3. The lowest BCUT2D eigenvalue weighted by Crippen LogP contribution is -2.28. The Morgan fingerprint density at radius 3 is 2.69 bits per heavy atom. The van der Waals surface area contributed by atoms with Crippen LogP contribution in [0.3, 0.4) is 0 Å². The molecule has 0 aliphatic heterocycles. The van der Waals surface area contributed by atoms with Crippen molar-refractivity contribution in [3.63, 3.8) is 0 Å². The molecule has 0 unspecified atom stereocenters. The van der Waals surface area contributed by atoms with E-state index in [1.54, 1.807) is 0 Å². The van der Waals surface area contributed by atoms with Crippen LogP contribution >= 0.6 is 0 Å². The Morgan fingerprint density at radius 1 is 1.25 bits per heavy atom. The van der Waals surface area contributed by atoms with Crippen LogP contribution in [0, 0.1) is 0 Å². The molecule has 84 valence electrons. The Kier molecular flexibility index (Phi) is 4.78. The Labute approximate surface area is 98.3 Å². The summed E-state index contributed by atoms with van der Waals surface area (Å²) >= 11 is 0. The smallest absolute Gasteiger partial charge is 0.0187 e. The Bertz CT molecular complexity index is 490. The van der Waals surface area contributed by atoms with E-state index in [1.165, 1.54) is 16.3 Å². The van der Waals surface area contributed by atoms with Gasteiger partial charge in [-0.05, 0) is 34.4 Å². The fraction of sp³-hybridized carbons (Fsp3) is 0.250. The summed E-state index contributed by atoms with van der Waals surface area (Å²) in [5.74, 6) is 0. The maximum absolute atomic E-state index is 4.14. The fourth-order valence-electron chi connectivity index (χ4n) is 1.90. The maximum Gasteiger partial charge on any atom is -0.0187 e. The summed E-state index contributed by atoms with van der Waals surface area (Å²) in [6.45, 7) is 11.9. The van der Waals surface area contributed by atoms with Crippen LogP contribution in [0.1, 0.15) is 31.4 Å². The lowest BCUT2D eigenvalue weighted by atomic mass is 9.95. The number of benzene rings is 1. The van der Waals surface area contributed by atoms with E-state index in [4.69, 9.17) is 0 Å². The number of hydrogen-bond donors (Lipinski definition) is 0. The van der Waals surface area contributed by atoms with Crippen molar-refractivity contribution in [3.05, 3.63) is 52.4 Å². The van der Waals surface area contributed by atoms with E-state index >= 15 is 0 Å². The number of allylic oxidation sites excluding steroid dienone is 2. The van der Waals surface area contributed by atoms with Crippen LogP contribution in [-0.2, 0) is 6.42 Å². The summed E-state index contributed by atoms with van der Waals surface area (Å²) in [5.41, 5.74) is 2.71. The van der Waals surface area contributed by atoms with Crippen LogP contribution in [0.4, 0.5) is 0 Å². The second-order valence-corrected chi connectivity index (χ2v) is 3.54. The summed E-state index contributed by atoms with van der Waals surface area (Å²) in [5, 5.41) is 2.35. The van der Waals surface area contributed by atoms with E-state index in [0.29, 0.717) is 0 Å². The minimum Gasteiger partial charge on any atom is -0.0990 e. The Morgan fingerprint density at radius 2 is 2.00 bits per heavy atom. The van der Waals surface area contributed by atoms with E-state index in [9.17, 15) is 0 Å². The lowest BCUT2D eigenvalue weighted by molar-refractivity contribution is 0.973. The quantitative estimate of drug-likeness (QED) is 0.671. The predicted molar refractivity (Wildman–Crippen MR) is 74.6 cm³/mol. The second-order valence-electron chi connectivity index (χ2n) is 3.54. The molecule has 0 nitrogen and oxygen atoms in total. The molecule has 0 bridgehead atoms. The minimum atomic E-state index is 1.11. The van der Waals surface area contributed by atoms with Crippen LogP contribution in [0.5, 0.6) is 0 Å². The van der Waals surface area contributed by atoms with E-state index in [2.05, 4.69) is 37.4 Å². The average Bonchev–Trinajstić information content (AvgIpc) is 2.36. The Hall–Kier alpha value is -1.56. The molecule has 0 saturated carbocycles. The van der Waals surface area contributed by atoms with Gasteiger partial charge in [0.05, 0.1) is 0 Å². The molecule has 1 aromatic rings. The molecule has 0 amide bonds. The van der Waals surface area contributed by atoms with Crippen molar-refractivity contribution in [3.8, 4) is 0 Å². The first kappa shape index (κ1) is 12.5. The average molecular weight is 212 g/mol. The molecule has 0 spiro atoms. The summed E-state index contributed by atoms with van der Waals surface area (Å²) in [4.78, 5) is 0. The molecular weight excluding hydrogens is 192 g/mol. The number of fused-ring (bicyclic) bond motifs is 1. The molecule has 1 aromatic carbocycles. The van der Waals surface area contributed by atoms with E-state index in [1.807, 2.05) is 26.0 Å². The lowest BCUT2D eigenvalue weighted by Gasteiger charge is -2.10. The van der Waals surface area contributed by atoms with Gasteiger partial charge in [-0.2, -0.15) is 0 Å². The maximum atomic E-state index is 4.14. The highest BCUT2D eigenvalue weighted by molar-refractivity contribution is 5.57. The largest absolute Gasteiger partial charge is 0.0990 e. The molecule has 0 aromatic heterocycles. The van der Waals surface area contributed by atoms with Gasteiger partial charge < -0.3 is 0 Å². The zero-order valence-electron chi connectivity index (χ0n) is 10.3. The van der Waals surface area contributed by atoms with Crippen molar-refractivity contribution in [1.29, 1.82) is 0 Å². The molecule has 0 atom stereocenters. The number of hydrogen-bond acceptors (Lipinski definition) is 0. The molecule has 1 aliphatic carbocycles. The van der Waals surface area contributed by atoms with Gasteiger partial charge in [-0.15, -0.1) is 0 Å². The molecule has 0 heteroatoms. The molecule has 0 radical (unpaired) electrons. The van der Waals surface area contributed by atoms with Gasteiger partial charge in [0, 0.05) is 0 Å². The van der Waals surface area contributed by atoms with Gasteiger partial charge in [-0.3, -0.25) is 0 Å². The first-order chi connectivity index (χ1) is 7.83. The number of rotatable bonds is 1.